The van der Waals surface area contributed by atoms with Gasteiger partial charge in [0.1, 0.15) is 0 Å². The summed E-state index contributed by atoms with van der Waals surface area (Å²) in [7, 11) is 0. The van der Waals surface area contributed by atoms with E-state index >= 15 is 0 Å². The zero-order chi connectivity index (χ0) is 12.6. The minimum absolute atomic E-state index is 0.278. The molecule has 1 spiro atoms. The van der Waals surface area contributed by atoms with Crippen molar-refractivity contribution in [2.24, 2.45) is 11.1 Å². The van der Waals surface area contributed by atoms with Crippen LogP contribution in [-0.4, -0.2) is 74.4 Å². The number of rotatable bonds is 3. The summed E-state index contributed by atoms with van der Waals surface area (Å²) in [5, 5.41) is 3.50. The molecule has 0 aromatic heterocycles. The first-order valence-corrected chi connectivity index (χ1v) is 6.77. The Kier molecular flexibility index (Phi) is 3.17. The lowest BCUT2D eigenvalue weighted by molar-refractivity contribution is -0.0613. The van der Waals surface area contributed by atoms with E-state index in [4.69, 9.17) is 10.5 Å². The first-order valence-electron chi connectivity index (χ1n) is 6.77. The van der Waals surface area contributed by atoms with Gasteiger partial charge in [0.05, 0.1) is 13.2 Å². The van der Waals surface area contributed by atoms with Crippen molar-refractivity contribution in [1.29, 1.82) is 0 Å². The number of carbonyl (C=O) groups is 1. The molecule has 0 radical (unpaired) electrons. The van der Waals surface area contributed by atoms with Gasteiger partial charge in [0.25, 0.3) is 0 Å². The van der Waals surface area contributed by atoms with Crippen LogP contribution in [0.1, 0.15) is 6.42 Å². The summed E-state index contributed by atoms with van der Waals surface area (Å²) in [6.45, 7) is 7.65. The van der Waals surface area contributed by atoms with Crippen molar-refractivity contribution in [2.45, 2.75) is 12.5 Å². The molecular weight excluding hydrogens is 232 g/mol. The van der Waals surface area contributed by atoms with E-state index in [-0.39, 0.29) is 6.03 Å². The largest absolute Gasteiger partial charge is 0.379 e. The lowest BCUT2D eigenvalue weighted by Crippen LogP contribution is -2.77. The van der Waals surface area contributed by atoms with Crippen LogP contribution in [0.15, 0.2) is 0 Å². The summed E-state index contributed by atoms with van der Waals surface area (Å²) in [5.41, 5.74) is 5.60. The molecule has 3 heterocycles. The highest BCUT2D eigenvalue weighted by Gasteiger charge is 2.55. The van der Waals surface area contributed by atoms with Crippen molar-refractivity contribution in [3.8, 4) is 0 Å². The fourth-order valence-electron chi connectivity index (χ4n) is 3.28. The van der Waals surface area contributed by atoms with Gasteiger partial charge in [-0.3, -0.25) is 4.90 Å². The maximum absolute atomic E-state index is 11.0. The molecule has 3 N–H and O–H groups in total. The molecule has 1 atom stereocenters. The van der Waals surface area contributed by atoms with Gasteiger partial charge in [0, 0.05) is 44.2 Å². The third-order valence-corrected chi connectivity index (χ3v) is 4.60. The fourth-order valence-corrected chi connectivity index (χ4v) is 3.28. The Balaban J connectivity index is 1.43. The zero-order valence-electron chi connectivity index (χ0n) is 10.7. The molecule has 0 bridgehead atoms. The number of nitrogens with zero attached hydrogens (tertiary/aromatic N) is 2. The highest BCUT2D eigenvalue weighted by atomic mass is 16.5. The fraction of sp³-hybridized carbons (Fsp3) is 0.917. The normalized spacial score (nSPS) is 30.9. The monoisotopic (exact) mass is 254 g/mol. The Morgan fingerprint density at radius 2 is 2.11 bits per heavy atom. The van der Waals surface area contributed by atoms with Crippen LogP contribution in [0.5, 0.6) is 0 Å². The highest BCUT2D eigenvalue weighted by Crippen LogP contribution is 2.40. The van der Waals surface area contributed by atoms with E-state index in [1.165, 1.54) is 0 Å². The van der Waals surface area contributed by atoms with Crippen molar-refractivity contribution >= 4 is 6.03 Å². The Morgan fingerprint density at radius 3 is 2.67 bits per heavy atom. The topological polar surface area (TPSA) is 70.8 Å². The summed E-state index contributed by atoms with van der Waals surface area (Å²) < 4.78 is 5.35. The van der Waals surface area contributed by atoms with Crippen LogP contribution in [0.3, 0.4) is 0 Å². The van der Waals surface area contributed by atoms with E-state index in [9.17, 15) is 4.79 Å². The van der Waals surface area contributed by atoms with E-state index in [0.29, 0.717) is 11.5 Å². The van der Waals surface area contributed by atoms with E-state index < -0.39 is 0 Å². The number of hydrogen-bond donors (Lipinski definition) is 2. The molecule has 0 aliphatic carbocycles. The van der Waals surface area contributed by atoms with Gasteiger partial charge in [-0.1, -0.05) is 0 Å². The second-order valence-electron chi connectivity index (χ2n) is 5.73. The van der Waals surface area contributed by atoms with Gasteiger partial charge < -0.3 is 20.7 Å². The number of nitrogens with two attached hydrogens (primary N) is 1. The minimum Gasteiger partial charge on any atom is -0.379 e. The van der Waals surface area contributed by atoms with Gasteiger partial charge in [-0.05, 0) is 13.0 Å². The number of ether oxygens (including phenoxy) is 1. The Labute approximate surface area is 107 Å². The van der Waals surface area contributed by atoms with Gasteiger partial charge in [-0.2, -0.15) is 0 Å². The van der Waals surface area contributed by atoms with E-state index in [0.717, 1.165) is 58.9 Å². The van der Waals surface area contributed by atoms with E-state index in [1.54, 1.807) is 4.90 Å². The standard InChI is InChI=1S/C12H22N4O2/c13-11(17)16-8-12(9-16)7-14-10(12)1-2-15-3-5-18-6-4-15/h10,14H,1-9H2,(H2,13,17). The molecule has 6 nitrogen and oxygen atoms in total. The predicted octanol–water partition coefficient (Wildman–Crippen LogP) is -0.939. The van der Waals surface area contributed by atoms with Crippen molar-refractivity contribution < 1.29 is 9.53 Å². The maximum atomic E-state index is 11.0. The third-order valence-electron chi connectivity index (χ3n) is 4.60. The van der Waals surface area contributed by atoms with Crippen LogP contribution in [0.25, 0.3) is 0 Å². The first kappa shape index (κ1) is 12.2. The Hall–Kier alpha value is -0.850. The first-order chi connectivity index (χ1) is 8.70. The average Bonchev–Trinajstić information content (AvgIpc) is 2.27. The molecule has 3 fully saturated rings. The number of amides is 2. The lowest BCUT2D eigenvalue weighted by atomic mass is 9.66. The molecule has 3 aliphatic rings. The summed E-state index contributed by atoms with van der Waals surface area (Å²) in [5.74, 6) is 0. The summed E-state index contributed by atoms with van der Waals surface area (Å²) >= 11 is 0. The highest BCUT2D eigenvalue weighted by molar-refractivity contribution is 5.73. The molecule has 3 saturated heterocycles. The summed E-state index contributed by atoms with van der Waals surface area (Å²) in [6, 6.07) is 0.274. The molecule has 102 valence electrons. The molecule has 3 rings (SSSR count). The number of likely N-dealkylation sites (tertiary alicyclic amines) is 1. The maximum Gasteiger partial charge on any atom is 0.314 e. The van der Waals surface area contributed by atoms with Crippen molar-refractivity contribution in [2.75, 3.05) is 52.5 Å². The third kappa shape index (κ3) is 2.08. The smallest absolute Gasteiger partial charge is 0.314 e. The Bertz CT molecular complexity index is 324. The molecular formula is C12H22N4O2. The number of nitrogens with one attached hydrogen (secondary N) is 1. The molecule has 18 heavy (non-hydrogen) atoms. The second-order valence-corrected chi connectivity index (χ2v) is 5.73. The van der Waals surface area contributed by atoms with Crippen LogP contribution in [0.2, 0.25) is 0 Å². The number of carbonyl (C=O) groups excluding carboxylic acids is 1. The van der Waals surface area contributed by atoms with Crippen LogP contribution < -0.4 is 11.1 Å². The van der Waals surface area contributed by atoms with Gasteiger partial charge >= 0.3 is 6.03 Å². The Morgan fingerprint density at radius 1 is 1.39 bits per heavy atom. The molecule has 0 aromatic carbocycles. The van der Waals surface area contributed by atoms with E-state index in [1.807, 2.05) is 0 Å². The molecule has 0 aromatic rings. The SMILES string of the molecule is NC(=O)N1CC2(CNC2CCN2CCOCC2)C1. The number of urea groups is 1. The average molecular weight is 254 g/mol. The van der Waals surface area contributed by atoms with Crippen LogP contribution in [0.4, 0.5) is 4.79 Å². The molecule has 2 amide bonds. The molecule has 1 unspecified atom stereocenters. The van der Waals surface area contributed by atoms with Crippen LogP contribution in [0, 0.1) is 5.41 Å². The number of primary amides is 1. The van der Waals surface area contributed by atoms with Gasteiger partial charge in [-0.25, -0.2) is 4.79 Å². The predicted molar refractivity (Wildman–Crippen MR) is 67.3 cm³/mol. The molecule has 6 heteroatoms. The van der Waals surface area contributed by atoms with Crippen molar-refractivity contribution in [3.63, 3.8) is 0 Å². The zero-order valence-corrected chi connectivity index (χ0v) is 10.7. The molecule has 0 saturated carbocycles. The van der Waals surface area contributed by atoms with Gasteiger partial charge in [-0.15, -0.1) is 0 Å². The second kappa shape index (κ2) is 4.68. The van der Waals surface area contributed by atoms with Crippen LogP contribution in [-0.2, 0) is 4.74 Å². The molecule has 3 aliphatic heterocycles. The summed E-state index contributed by atoms with van der Waals surface area (Å²) in [4.78, 5) is 15.2. The van der Waals surface area contributed by atoms with Crippen molar-refractivity contribution in [3.05, 3.63) is 0 Å². The summed E-state index contributed by atoms with van der Waals surface area (Å²) in [6.07, 6.45) is 1.16. The minimum atomic E-state index is -0.278. The van der Waals surface area contributed by atoms with Crippen LogP contribution >= 0.6 is 0 Å². The van der Waals surface area contributed by atoms with Crippen molar-refractivity contribution in [1.82, 2.24) is 15.1 Å². The van der Waals surface area contributed by atoms with E-state index in [2.05, 4.69) is 10.2 Å². The quantitative estimate of drug-likeness (QED) is 0.682. The number of morpholine rings is 1. The lowest BCUT2D eigenvalue weighted by Gasteiger charge is -2.61. The van der Waals surface area contributed by atoms with Gasteiger partial charge in [0.2, 0.25) is 0 Å². The van der Waals surface area contributed by atoms with Gasteiger partial charge in [0.15, 0.2) is 0 Å². The number of hydrogen-bond acceptors (Lipinski definition) is 4.